The van der Waals surface area contributed by atoms with Crippen molar-refractivity contribution in [2.75, 3.05) is 40.0 Å². The standard InChI is InChI=1S/C33H48N2O14/c1-49-33(48)35(27-20-10-4-2-8-18(20)19-9-3-5-11-21(19)27)22(32(46)47)12-6-7-13-34(14-23(38)28(42)30(44)25(40)16-36)15-24(39)29(43)31(45)26(41)17-37/h2-5,8-11,22-31,36-45H,6-7,12-17H2,1H3,(H,46,47). The number of carbonyl (C=O) groups excluding carboxylic acids is 1. The summed E-state index contributed by atoms with van der Waals surface area (Å²) >= 11 is 0. The summed E-state index contributed by atoms with van der Waals surface area (Å²) in [5.41, 5.74) is 3.17. The van der Waals surface area contributed by atoms with E-state index in [1.54, 1.807) is 12.1 Å². The second kappa shape index (κ2) is 18.7. The third-order valence-electron chi connectivity index (χ3n) is 8.83. The Balaban J connectivity index is 1.79. The first kappa shape index (κ1) is 40.2. The van der Waals surface area contributed by atoms with Gasteiger partial charge in [-0.1, -0.05) is 48.5 Å². The average Bonchev–Trinajstić information content (AvgIpc) is 3.44. The summed E-state index contributed by atoms with van der Waals surface area (Å²) in [6, 6.07) is 12.6. The molecule has 0 aliphatic heterocycles. The fourth-order valence-electron chi connectivity index (χ4n) is 6.13. The first-order valence-corrected chi connectivity index (χ1v) is 15.9. The Morgan fingerprint density at radius 3 is 1.53 bits per heavy atom. The van der Waals surface area contributed by atoms with E-state index in [4.69, 9.17) is 14.9 Å². The Bertz CT molecular complexity index is 1270. The van der Waals surface area contributed by atoms with Crippen LogP contribution in [0.3, 0.4) is 0 Å². The zero-order chi connectivity index (χ0) is 36.4. The van der Waals surface area contributed by atoms with Gasteiger partial charge in [-0.25, -0.2) is 9.59 Å². The summed E-state index contributed by atoms with van der Waals surface area (Å²) in [5.74, 6) is -1.28. The molecule has 9 atom stereocenters. The van der Waals surface area contributed by atoms with E-state index in [1.165, 1.54) is 9.80 Å². The minimum absolute atomic E-state index is 0.00941. The van der Waals surface area contributed by atoms with E-state index in [0.717, 1.165) is 29.4 Å². The van der Waals surface area contributed by atoms with Crippen LogP contribution in [0.25, 0.3) is 11.1 Å². The van der Waals surface area contributed by atoms with Crippen molar-refractivity contribution < 1.29 is 70.5 Å². The lowest BCUT2D eigenvalue weighted by atomic mass is 9.99. The van der Waals surface area contributed by atoms with Crippen LogP contribution in [-0.4, -0.2) is 173 Å². The fourth-order valence-corrected chi connectivity index (χ4v) is 6.13. The van der Waals surface area contributed by atoms with Crippen LogP contribution in [0, 0.1) is 0 Å². The molecule has 0 heterocycles. The second-order valence-electron chi connectivity index (χ2n) is 12.2. The van der Waals surface area contributed by atoms with Gasteiger partial charge in [0.25, 0.3) is 0 Å². The van der Waals surface area contributed by atoms with Crippen molar-refractivity contribution in [3.63, 3.8) is 0 Å². The van der Waals surface area contributed by atoms with Gasteiger partial charge in [0.05, 0.1) is 38.6 Å². The number of carboxylic acids is 1. The highest BCUT2D eigenvalue weighted by Gasteiger charge is 2.42. The Morgan fingerprint density at radius 2 is 1.12 bits per heavy atom. The average molecular weight is 697 g/mol. The van der Waals surface area contributed by atoms with Gasteiger partial charge in [0.15, 0.2) is 0 Å². The number of methoxy groups -OCH3 is 1. The van der Waals surface area contributed by atoms with Gasteiger partial charge in [-0.15, -0.1) is 0 Å². The SMILES string of the molecule is COC(=O)N(C(CCCCN(CC(O)C(O)C(O)C(O)CO)CC(O)C(O)C(O)C(O)CO)C(=O)O)C1c2ccccc2-c2ccccc21. The number of fused-ring (bicyclic) bond motifs is 3. The number of carboxylic acid groups (broad SMARTS) is 1. The Hall–Kier alpha value is -3.26. The lowest BCUT2D eigenvalue weighted by Crippen LogP contribution is -2.53. The molecule has 11 N–H and O–H groups in total. The molecular weight excluding hydrogens is 648 g/mol. The molecule has 2 aromatic rings. The minimum atomic E-state index is -1.95. The number of amides is 1. The molecule has 274 valence electrons. The lowest BCUT2D eigenvalue weighted by molar-refractivity contribution is -0.143. The number of benzene rings is 2. The highest BCUT2D eigenvalue weighted by Crippen LogP contribution is 2.47. The van der Waals surface area contributed by atoms with E-state index < -0.39 is 99.3 Å². The number of aliphatic hydroxyl groups is 10. The molecule has 2 aromatic carbocycles. The van der Waals surface area contributed by atoms with Gasteiger partial charge in [-0.2, -0.15) is 0 Å². The number of hydrogen-bond donors (Lipinski definition) is 11. The van der Waals surface area contributed by atoms with Crippen LogP contribution in [0.4, 0.5) is 4.79 Å². The van der Waals surface area contributed by atoms with Gasteiger partial charge >= 0.3 is 12.1 Å². The van der Waals surface area contributed by atoms with Crippen molar-refractivity contribution in [3.8, 4) is 11.1 Å². The smallest absolute Gasteiger partial charge is 0.411 e. The normalized spacial score (nSPS) is 18.4. The summed E-state index contributed by atoms with van der Waals surface area (Å²) < 4.78 is 5.06. The van der Waals surface area contributed by atoms with Gasteiger partial charge in [0.1, 0.15) is 42.7 Å². The van der Waals surface area contributed by atoms with Gasteiger partial charge in [0.2, 0.25) is 0 Å². The molecular formula is C33H48N2O14. The quantitative estimate of drug-likeness (QED) is 0.0646. The molecule has 0 bridgehead atoms. The Labute approximate surface area is 283 Å². The van der Waals surface area contributed by atoms with E-state index in [2.05, 4.69) is 0 Å². The van der Waals surface area contributed by atoms with Gasteiger partial charge < -0.3 is 60.9 Å². The maximum Gasteiger partial charge on any atom is 0.411 e. The number of hydrogen-bond acceptors (Lipinski definition) is 14. The van der Waals surface area contributed by atoms with Crippen molar-refractivity contribution in [2.45, 2.75) is 80.2 Å². The monoisotopic (exact) mass is 696 g/mol. The molecule has 0 radical (unpaired) electrons. The molecule has 0 fully saturated rings. The second-order valence-corrected chi connectivity index (χ2v) is 12.2. The number of carbonyl (C=O) groups is 2. The van der Waals surface area contributed by atoms with E-state index in [1.807, 2.05) is 36.4 Å². The largest absolute Gasteiger partial charge is 0.480 e. The Kier molecular flexibility index (Phi) is 15.3. The molecule has 16 heteroatoms. The van der Waals surface area contributed by atoms with Crippen LogP contribution in [0.1, 0.15) is 36.4 Å². The number of unbranched alkanes of at least 4 members (excludes halogenated alkanes) is 1. The predicted molar refractivity (Wildman–Crippen MR) is 172 cm³/mol. The van der Waals surface area contributed by atoms with Crippen molar-refractivity contribution >= 4 is 12.1 Å². The topological polar surface area (TPSA) is 272 Å². The lowest BCUT2D eigenvalue weighted by Gasteiger charge is -2.35. The van der Waals surface area contributed by atoms with Crippen molar-refractivity contribution in [1.82, 2.24) is 9.80 Å². The predicted octanol–water partition coefficient (Wildman–Crippen LogP) is -2.38. The van der Waals surface area contributed by atoms with Gasteiger partial charge in [-0.05, 0) is 48.1 Å². The minimum Gasteiger partial charge on any atom is -0.480 e. The third-order valence-corrected chi connectivity index (χ3v) is 8.83. The first-order valence-electron chi connectivity index (χ1n) is 15.9. The first-order chi connectivity index (χ1) is 23.3. The molecule has 1 aliphatic rings. The molecule has 0 spiro atoms. The fraction of sp³-hybridized carbons (Fsp3) is 0.576. The molecule has 0 saturated carbocycles. The van der Waals surface area contributed by atoms with Crippen LogP contribution < -0.4 is 0 Å². The van der Waals surface area contributed by atoms with Crippen molar-refractivity contribution in [2.24, 2.45) is 0 Å². The summed E-state index contributed by atoms with van der Waals surface area (Å²) in [5, 5.41) is 110. The number of ether oxygens (including phenoxy) is 1. The van der Waals surface area contributed by atoms with Crippen molar-refractivity contribution in [1.29, 1.82) is 0 Å². The summed E-state index contributed by atoms with van der Waals surface area (Å²) in [4.78, 5) is 28.5. The zero-order valence-electron chi connectivity index (χ0n) is 27.1. The van der Waals surface area contributed by atoms with Crippen LogP contribution >= 0.6 is 0 Å². The third kappa shape index (κ3) is 9.71. The molecule has 1 amide bonds. The molecule has 16 nitrogen and oxygen atoms in total. The summed E-state index contributed by atoms with van der Waals surface area (Å²) in [6.45, 7) is -2.76. The van der Waals surface area contributed by atoms with E-state index in [9.17, 15) is 55.5 Å². The highest BCUT2D eigenvalue weighted by atomic mass is 16.5. The van der Waals surface area contributed by atoms with Crippen LogP contribution in [0.15, 0.2) is 48.5 Å². The van der Waals surface area contributed by atoms with E-state index >= 15 is 0 Å². The molecule has 9 unspecified atom stereocenters. The van der Waals surface area contributed by atoms with Crippen LogP contribution in [0.5, 0.6) is 0 Å². The van der Waals surface area contributed by atoms with Gasteiger partial charge in [-0.3, -0.25) is 9.80 Å². The Morgan fingerprint density at radius 1 is 0.694 bits per heavy atom. The summed E-state index contributed by atoms with van der Waals surface area (Å²) in [7, 11) is 1.16. The number of aliphatic hydroxyl groups excluding tert-OH is 10. The molecule has 1 aliphatic carbocycles. The molecule has 49 heavy (non-hydrogen) atoms. The summed E-state index contributed by atoms with van der Waals surface area (Å²) in [6.07, 6.45) is -15.4. The molecule has 3 rings (SSSR count). The van der Waals surface area contributed by atoms with E-state index in [-0.39, 0.29) is 25.8 Å². The maximum absolute atomic E-state index is 13.2. The molecule has 0 aromatic heterocycles. The molecule has 0 saturated heterocycles. The zero-order valence-corrected chi connectivity index (χ0v) is 27.1. The number of rotatable bonds is 20. The number of aliphatic carboxylic acids is 1. The van der Waals surface area contributed by atoms with Gasteiger partial charge in [0, 0.05) is 13.1 Å². The van der Waals surface area contributed by atoms with Crippen LogP contribution in [-0.2, 0) is 9.53 Å². The maximum atomic E-state index is 13.2. The van der Waals surface area contributed by atoms with E-state index in [0.29, 0.717) is 0 Å². The number of nitrogens with zero attached hydrogens (tertiary/aromatic N) is 2. The van der Waals surface area contributed by atoms with Crippen molar-refractivity contribution in [3.05, 3.63) is 59.7 Å². The highest BCUT2D eigenvalue weighted by molar-refractivity contribution is 5.85. The van der Waals surface area contributed by atoms with Crippen LogP contribution in [0.2, 0.25) is 0 Å².